The third kappa shape index (κ3) is 3.25. The molecule has 122 valence electrons. The molecule has 1 saturated heterocycles. The topological polar surface area (TPSA) is 63.9 Å². The first-order valence-corrected chi connectivity index (χ1v) is 8.31. The summed E-state index contributed by atoms with van der Waals surface area (Å²) in [7, 11) is 1.80. The van der Waals surface area contributed by atoms with Gasteiger partial charge in [-0.2, -0.15) is 0 Å². The van der Waals surface area contributed by atoms with Crippen molar-refractivity contribution in [1.82, 2.24) is 19.5 Å². The molecule has 1 unspecified atom stereocenters. The van der Waals surface area contributed by atoms with E-state index in [0.717, 1.165) is 25.3 Å². The van der Waals surface area contributed by atoms with Gasteiger partial charge >= 0.3 is 0 Å². The Balaban J connectivity index is 1.98. The predicted molar refractivity (Wildman–Crippen MR) is 90.4 cm³/mol. The fourth-order valence-electron chi connectivity index (χ4n) is 3.20. The molecular formula is C17H23N5O. The molecular weight excluding hydrogens is 290 g/mol. The molecule has 3 rings (SSSR count). The Kier molecular flexibility index (Phi) is 4.69. The number of aromatic nitrogens is 4. The van der Waals surface area contributed by atoms with Gasteiger partial charge in [0.25, 0.3) is 5.56 Å². The van der Waals surface area contributed by atoms with Crippen molar-refractivity contribution in [2.24, 2.45) is 7.05 Å². The maximum absolute atomic E-state index is 12.4. The molecule has 1 aliphatic heterocycles. The number of unbranched alkanes of at least 4 members (excludes halogenated alkanes) is 1. The Morgan fingerprint density at radius 1 is 1.35 bits per heavy atom. The molecule has 2 aromatic rings. The summed E-state index contributed by atoms with van der Waals surface area (Å²) in [6, 6.07) is 3.81. The summed E-state index contributed by atoms with van der Waals surface area (Å²) in [6.07, 6.45) is 9.03. The number of anilines is 1. The highest BCUT2D eigenvalue weighted by molar-refractivity contribution is 5.55. The first kappa shape index (κ1) is 15.6. The average Bonchev–Trinajstić information content (AvgIpc) is 3.04. The van der Waals surface area contributed by atoms with Gasteiger partial charge < -0.3 is 4.90 Å². The minimum atomic E-state index is -0.0512. The van der Waals surface area contributed by atoms with Crippen LogP contribution in [0.5, 0.6) is 0 Å². The number of rotatable bonds is 5. The highest BCUT2D eigenvalue weighted by Gasteiger charge is 2.27. The Morgan fingerprint density at radius 3 is 2.96 bits per heavy atom. The molecule has 0 radical (unpaired) electrons. The van der Waals surface area contributed by atoms with Crippen LogP contribution in [0, 0.1) is 0 Å². The molecule has 1 atom stereocenters. The number of hydrogen-bond acceptors (Lipinski definition) is 5. The third-order valence-electron chi connectivity index (χ3n) is 4.48. The fourth-order valence-corrected chi connectivity index (χ4v) is 3.20. The monoisotopic (exact) mass is 313 g/mol. The summed E-state index contributed by atoms with van der Waals surface area (Å²) >= 11 is 0. The van der Waals surface area contributed by atoms with Crippen LogP contribution in [0.4, 0.5) is 5.95 Å². The fraction of sp³-hybridized carbons (Fsp3) is 0.529. The number of hydrogen-bond donors (Lipinski definition) is 0. The summed E-state index contributed by atoms with van der Waals surface area (Å²) in [4.78, 5) is 27.5. The van der Waals surface area contributed by atoms with Crippen LogP contribution in [0.1, 0.15) is 39.0 Å². The molecule has 0 N–H and O–H groups in total. The molecule has 0 spiro atoms. The summed E-state index contributed by atoms with van der Waals surface area (Å²) in [5.74, 6) is 0.754. The summed E-state index contributed by atoms with van der Waals surface area (Å²) in [6.45, 7) is 3.17. The van der Waals surface area contributed by atoms with Gasteiger partial charge in [0, 0.05) is 31.9 Å². The summed E-state index contributed by atoms with van der Waals surface area (Å²) in [5, 5.41) is 0. The van der Waals surface area contributed by atoms with Gasteiger partial charge in [0.05, 0.1) is 11.4 Å². The largest absolute Gasteiger partial charge is 0.339 e. The van der Waals surface area contributed by atoms with Crippen LogP contribution in [0.3, 0.4) is 0 Å². The van der Waals surface area contributed by atoms with Gasteiger partial charge in [0.15, 0.2) is 0 Å². The van der Waals surface area contributed by atoms with Crippen molar-refractivity contribution in [3.05, 3.63) is 35.0 Å². The molecule has 0 saturated carbocycles. The van der Waals surface area contributed by atoms with Gasteiger partial charge in [-0.05, 0) is 25.3 Å². The normalized spacial score (nSPS) is 17.7. The molecule has 2 aromatic heterocycles. The van der Waals surface area contributed by atoms with Crippen molar-refractivity contribution in [2.45, 2.75) is 45.1 Å². The predicted octanol–water partition coefficient (Wildman–Crippen LogP) is 2.40. The maximum atomic E-state index is 12.4. The van der Waals surface area contributed by atoms with Crippen LogP contribution in [-0.2, 0) is 7.05 Å². The minimum absolute atomic E-state index is 0.0512. The zero-order valence-electron chi connectivity index (χ0n) is 13.8. The Hall–Kier alpha value is -2.24. The lowest BCUT2D eigenvalue weighted by atomic mass is 10.1. The zero-order chi connectivity index (χ0) is 16.2. The van der Waals surface area contributed by atoms with Gasteiger partial charge in [-0.25, -0.2) is 15.0 Å². The second-order valence-corrected chi connectivity index (χ2v) is 6.06. The van der Waals surface area contributed by atoms with E-state index < -0.39 is 0 Å². The van der Waals surface area contributed by atoms with E-state index >= 15 is 0 Å². The van der Waals surface area contributed by atoms with Crippen molar-refractivity contribution in [3.8, 4) is 11.4 Å². The molecule has 0 amide bonds. The quantitative estimate of drug-likeness (QED) is 0.848. The lowest BCUT2D eigenvalue weighted by molar-refractivity contribution is 0.559. The second-order valence-electron chi connectivity index (χ2n) is 6.06. The van der Waals surface area contributed by atoms with Gasteiger partial charge in [-0.15, -0.1) is 0 Å². The van der Waals surface area contributed by atoms with Crippen molar-refractivity contribution < 1.29 is 0 Å². The van der Waals surface area contributed by atoms with E-state index in [1.54, 1.807) is 29.9 Å². The smallest absolute Gasteiger partial charge is 0.255 e. The van der Waals surface area contributed by atoms with Crippen molar-refractivity contribution in [1.29, 1.82) is 0 Å². The van der Waals surface area contributed by atoms with E-state index in [-0.39, 0.29) is 5.56 Å². The molecule has 6 heteroatoms. The molecule has 1 fully saturated rings. The zero-order valence-corrected chi connectivity index (χ0v) is 13.8. The van der Waals surface area contributed by atoms with Gasteiger partial charge in [-0.1, -0.05) is 19.8 Å². The van der Waals surface area contributed by atoms with E-state index in [0.29, 0.717) is 17.4 Å². The maximum Gasteiger partial charge on any atom is 0.255 e. The first-order valence-electron chi connectivity index (χ1n) is 8.31. The van der Waals surface area contributed by atoms with Gasteiger partial charge in [0.2, 0.25) is 5.95 Å². The lowest BCUT2D eigenvalue weighted by Crippen LogP contribution is -2.35. The highest BCUT2D eigenvalue weighted by Crippen LogP contribution is 2.27. The van der Waals surface area contributed by atoms with E-state index in [1.165, 1.54) is 25.6 Å². The van der Waals surface area contributed by atoms with Crippen molar-refractivity contribution in [3.63, 3.8) is 0 Å². The van der Waals surface area contributed by atoms with Crippen LogP contribution in [0.25, 0.3) is 11.4 Å². The Bertz CT molecular complexity index is 713. The molecule has 0 aromatic carbocycles. The van der Waals surface area contributed by atoms with Gasteiger partial charge in [-0.3, -0.25) is 9.36 Å². The first-order chi connectivity index (χ1) is 11.2. The molecule has 0 aliphatic carbocycles. The average molecular weight is 313 g/mol. The standard InChI is InChI=1S/C17H23N5O/c1-3-4-6-13-7-5-10-22(13)17-20-15(11-16(23)21(17)2)14-8-9-18-12-19-14/h8-9,11-13H,3-7,10H2,1-2H3. The van der Waals surface area contributed by atoms with Crippen molar-refractivity contribution in [2.75, 3.05) is 11.4 Å². The van der Waals surface area contributed by atoms with E-state index in [9.17, 15) is 4.79 Å². The van der Waals surface area contributed by atoms with Crippen LogP contribution in [0.2, 0.25) is 0 Å². The van der Waals surface area contributed by atoms with Gasteiger partial charge in [0.1, 0.15) is 6.33 Å². The van der Waals surface area contributed by atoms with Crippen LogP contribution >= 0.6 is 0 Å². The SMILES string of the molecule is CCCCC1CCCN1c1nc(-c2ccncn2)cc(=O)n1C. The van der Waals surface area contributed by atoms with E-state index in [2.05, 4.69) is 21.8 Å². The molecule has 3 heterocycles. The van der Waals surface area contributed by atoms with E-state index in [4.69, 9.17) is 4.98 Å². The Morgan fingerprint density at radius 2 is 2.22 bits per heavy atom. The molecule has 6 nitrogen and oxygen atoms in total. The highest BCUT2D eigenvalue weighted by atomic mass is 16.1. The summed E-state index contributed by atoms with van der Waals surface area (Å²) < 4.78 is 1.65. The van der Waals surface area contributed by atoms with E-state index in [1.807, 2.05) is 0 Å². The second kappa shape index (κ2) is 6.89. The molecule has 1 aliphatic rings. The van der Waals surface area contributed by atoms with Crippen LogP contribution in [0.15, 0.2) is 29.5 Å². The Labute approximate surface area is 136 Å². The number of nitrogens with zero attached hydrogens (tertiary/aromatic N) is 5. The minimum Gasteiger partial charge on any atom is -0.339 e. The lowest BCUT2D eigenvalue weighted by Gasteiger charge is -2.27. The van der Waals surface area contributed by atoms with Crippen LogP contribution in [-0.4, -0.2) is 32.1 Å². The molecule has 0 bridgehead atoms. The third-order valence-corrected chi connectivity index (χ3v) is 4.48. The summed E-state index contributed by atoms with van der Waals surface area (Å²) in [5.41, 5.74) is 1.25. The van der Waals surface area contributed by atoms with Crippen LogP contribution < -0.4 is 10.5 Å². The van der Waals surface area contributed by atoms with Crippen molar-refractivity contribution >= 4 is 5.95 Å². The molecule has 23 heavy (non-hydrogen) atoms.